The molecule has 124 valence electrons. The number of benzene rings is 1. The van der Waals surface area contributed by atoms with Crippen molar-refractivity contribution in [2.45, 2.75) is 58.4 Å². The van der Waals surface area contributed by atoms with Gasteiger partial charge in [0.1, 0.15) is 0 Å². The number of rotatable bonds is 7. The number of carbonyl (C=O) groups excluding carboxylic acids is 1. The summed E-state index contributed by atoms with van der Waals surface area (Å²) in [5.41, 5.74) is 0. The number of hydrogen-bond donors (Lipinski definition) is 0. The van der Waals surface area contributed by atoms with E-state index in [9.17, 15) is 4.79 Å². The van der Waals surface area contributed by atoms with Gasteiger partial charge in [-0.1, -0.05) is 44.9 Å². The van der Waals surface area contributed by atoms with Crippen LogP contribution in [0.4, 0.5) is 0 Å². The Hall–Kier alpha value is -1.35. The highest BCUT2D eigenvalue weighted by molar-refractivity contribution is 7.19. The first-order valence-corrected chi connectivity index (χ1v) is 9.82. The van der Waals surface area contributed by atoms with Crippen LogP contribution >= 0.6 is 11.3 Å². The second-order valence-corrected chi connectivity index (χ2v) is 7.84. The summed E-state index contributed by atoms with van der Waals surface area (Å²) in [7, 11) is 0. The van der Waals surface area contributed by atoms with Crippen LogP contribution in [-0.2, 0) is 11.2 Å². The highest BCUT2D eigenvalue weighted by Gasteiger charge is 2.35. The van der Waals surface area contributed by atoms with Crippen molar-refractivity contribution in [1.82, 2.24) is 4.90 Å². The average Bonchev–Trinajstić information content (AvgIpc) is 3.13. The molecule has 1 aliphatic heterocycles. The number of carbonyl (C=O) groups is 1. The van der Waals surface area contributed by atoms with E-state index in [1.165, 1.54) is 27.8 Å². The number of thiophene rings is 1. The third-order valence-corrected chi connectivity index (χ3v) is 6.22. The average molecular weight is 330 g/mol. The summed E-state index contributed by atoms with van der Waals surface area (Å²) in [5.74, 6) is 0.587. The van der Waals surface area contributed by atoms with Crippen molar-refractivity contribution >= 4 is 27.3 Å². The van der Waals surface area contributed by atoms with E-state index in [2.05, 4.69) is 49.1 Å². The van der Waals surface area contributed by atoms with Gasteiger partial charge in [-0.05, 0) is 43.2 Å². The Morgan fingerprint density at radius 3 is 2.87 bits per heavy atom. The lowest BCUT2D eigenvalue weighted by Crippen LogP contribution is -2.37. The van der Waals surface area contributed by atoms with Crippen LogP contribution in [0.2, 0.25) is 0 Å². The molecule has 2 nitrogen and oxygen atoms in total. The van der Waals surface area contributed by atoms with Gasteiger partial charge in [-0.15, -0.1) is 11.3 Å². The highest BCUT2D eigenvalue weighted by Crippen LogP contribution is 2.31. The topological polar surface area (TPSA) is 20.3 Å². The number of amides is 1. The Bertz CT molecular complexity index is 629. The first kappa shape index (κ1) is 16.5. The van der Waals surface area contributed by atoms with E-state index in [0.717, 1.165) is 32.2 Å². The molecule has 0 aliphatic carbocycles. The zero-order valence-electron chi connectivity index (χ0n) is 14.3. The third-order valence-electron chi connectivity index (χ3n) is 5.08. The Morgan fingerprint density at radius 2 is 2.13 bits per heavy atom. The molecule has 1 amide bonds. The van der Waals surface area contributed by atoms with Crippen molar-refractivity contribution in [3.8, 4) is 0 Å². The molecule has 2 heterocycles. The van der Waals surface area contributed by atoms with Crippen LogP contribution < -0.4 is 0 Å². The van der Waals surface area contributed by atoms with Crippen molar-refractivity contribution in [2.24, 2.45) is 5.92 Å². The number of nitrogens with zero attached hydrogens (tertiary/aromatic N) is 1. The smallest absolute Gasteiger partial charge is 0.226 e. The molecule has 1 aromatic carbocycles. The van der Waals surface area contributed by atoms with Gasteiger partial charge in [-0.3, -0.25) is 4.79 Å². The Kier molecular flexibility index (Phi) is 5.37. The predicted molar refractivity (Wildman–Crippen MR) is 99.0 cm³/mol. The van der Waals surface area contributed by atoms with E-state index in [-0.39, 0.29) is 5.92 Å². The first-order valence-electron chi connectivity index (χ1n) is 9.00. The molecule has 2 atom stereocenters. The zero-order chi connectivity index (χ0) is 16.2. The van der Waals surface area contributed by atoms with Gasteiger partial charge in [0.2, 0.25) is 5.91 Å². The number of unbranched alkanes of at least 4 members (excludes halogenated alkanes) is 1. The van der Waals surface area contributed by atoms with Crippen LogP contribution in [0.25, 0.3) is 10.1 Å². The van der Waals surface area contributed by atoms with E-state index >= 15 is 0 Å². The van der Waals surface area contributed by atoms with Crippen molar-refractivity contribution < 1.29 is 4.79 Å². The standard InChI is InChI=1S/C20H27NOS/c1-3-5-9-17(4-2)21-12-11-16(20(21)22)14-18-13-15-8-6-7-10-19(15)23-18/h6-8,10,13,16-17H,3-5,9,11-12,14H2,1-2H3. The summed E-state index contributed by atoms with van der Waals surface area (Å²) >= 11 is 1.84. The molecule has 0 N–H and O–H groups in total. The molecule has 3 rings (SSSR count). The summed E-state index contributed by atoms with van der Waals surface area (Å²) in [6.07, 6.45) is 6.62. The monoisotopic (exact) mass is 329 g/mol. The lowest BCUT2D eigenvalue weighted by atomic mass is 10.0. The van der Waals surface area contributed by atoms with Gasteiger partial charge in [0.15, 0.2) is 0 Å². The molecule has 3 heteroatoms. The fourth-order valence-corrected chi connectivity index (χ4v) is 4.86. The van der Waals surface area contributed by atoms with Gasteiger partial charge >= 0.3 is 0 Å². The third kappa shape index (κ3) is 3.60. The summed E-state index contributed by atoms with van der Waals surface area (Å²) < 4.78 is 1.33. The van der Waals surface area contributed by atoms with Crippen molar-refractivity contribution in [3.63, 3.8) is 0 Å². The Morgan fingerprint density at radius 1 is 1.30 bits per heavy atom. The molecule has 0 saturated carbocycles. The maximum Gasteiger partial charge on any atom is 0.226 e. The van der Waals surface area contributed by atoms with Crippen molar-refractivity contribution in [1.29, 1.82) is 0 Å². The van der Waals surface area contributed by atoms with Crippen LogP contribution in [-0.4, -0.2) is 23.4 Å². The lowest BCUT2D eigenvalue weighted by Gasteiger charge is -2.27. The second-order valence-electron chi connectivity index (χ2n) is 6.68. The van der Waals surface area contributed by atoms with Crippen LogP contribution in [0.15, 0.2) is 30.3 Å². The normalized spacial score (nSPS) is 19.7. The van der Waals surface area contributed by atoms with Gasteiger partial charge < -0.3 is 4.90 Å². The Labute approximate surface area is 143 Å². The van der Waals surface area contributed by atoms with Gasteiger partial charge in [-0.2, -0.15) is 0 Å². The summed E-state index contributed by atoms with van der Waals surface area (Å²) in [5, 5.41) is 1.31. The fourth-order valence-electron chi connectivity index (χ4n) is 3.72. The summed E-state index contributed by atoms with van der Waals surface area (Å²) in [6.45, 7) is 5.40. The number of likely N-dealkylation sites (tertiary alicyclic amines) is 1. The molecule has 2 unspecified atom stereocenters. The van der Waals surface area contributed by atoms with Crippen LogP contribution in [0.5, 0.6) is 0 Å². The zero-order valence-corrected chi connectivity index (χ0v) is 15.1. The lowest BCUT2D eigenvalue weighted by molar-refractivity contribution is -0.133. The van der Waals surface area contributed by atoms with E-state index in [0.29, 0.717) is 11.9 Å². The van der Waals surface area contributed by atoms with Gasteiger partial charge in [0.25, 0.3) is 0 Å². The minimum Gasteiger partial charge on any atom is -0.339 e. The van der Waals surface area contributed by atoms with E-state index < -0.39 is 0 Å². The van der Waals surface area contributed by atoms with Crippen LogP contribution in [0, 0.1) is 5.92 Å². The van der Waals surface area contributed by atoms with Gasteiger partial charge in [0, 0.05) is 28.1 Å². The van der Waals surface area contributed by atoms with Gasteiger partial charge in [0.05, 0.1) is 0 Å². The fraction of sp³-hybridized carbons (Fsp3) is 0.550. The largest absolute Gasteiger partial charge is 0.339 e. The molecule has 0 spiro atoms. The maximum atomic E-state index is 12.8. The van der Waals surface area contributed by atoms with E-state index in [4.69, 9.17) is 0 Å². The molecular formula is C20H27NOS. The van der Waals surface area contributed by atoms with E-state index in [1.807, 2.05) is 11.3 Å². The molecule has 0 bridgehead atoms. The molecule has 1 saturated heterocycles. The number of fused-ring (bicyclic) bond motifs is 1. The quantitative estimate of drug-likeness (QED) is 0.678. The van der Waals surface area contributed by atoms with Crippen molar-refractivity contribution in [2.75, 3.05) is 6.54 Å². The summed E-state index contributed by atoms with van der Waals surface area (Å²) in [6, 6.07) is 11.2. The predicted octanol–water partition coefficient (Wildman–Crippen LogP) is 5.26. The van der Waals surface area contributed by atoms with Crippen LogP contribution in [0.1, 0.15) is 50.8 Å². The minimum absolute atomic E-state index is 0.193. The molecule has 0 radical (unpaired) electrons. The molecule has 23 heavy (non-hydrogen) atoms. The van der Waals surface area contributed by atoms with Crippen LogP contribution in [0.3, 0.4) is 0 Å². The number of hydrogen-bond acceptors (Lipinski definition) is 2. The van der Waals surface area contributed by atoms with Gasteiger partial charge in [-0.25, -0.2) is 0 Å². The van der Waals surface area contributed by atoms with E-state index in [1.54, 1.807) is 0 Å². The summed E-state index contributed by atoms with van der Waals surface area (Å²) in [4.78, 5) is 16.3. The highest BCUT2D eigenvalue weighted by atomic mass is 32.1. The maximum absolute atomic E-state index is 12.8. The second kappa shape index (κ2) is 7.48. The molecule has 1 aromatic heterocycles. The SMILES string of the molecule is CCCCC(CC)N1CCC(Cc2cc3ccccc3s2)C1=O. The van der Waals surface area contributed by atoms with Crippen molar-refractivity contribution in [3.05, 3.63) is 35.2 Å². The minimum atomic E-state index is 0.193. The molecule has 2 aromatic rings. The molecule has 1 aliphatic rings. The molecular weight excluding hydrogens is 302 g/mol. The molecule has 1 fully saturated rings. The Balaban J connectivity index is 1.66. The first-order chi connectivity index (χ1) is 11.2.